The molecular formula is C54H32. The predicted octanol–water partition coefficient (Wildman–Crippen LogP) is 15.4. The molecule has 0 spiro atoms. The Morgan fingerprint density at radius 1 is 0.167 bits per heavy atom. The molecular weight excluding hydrogens is 649 g/mol. The van der Waals surface area contributed by atoms with Gasteiger partial charge in [-0.2, -0.15) is 0 Å². The maximum absolute atomic E-state index is 2.43. The molecule has 12 rings (SSSR count). The highest BCUT2D eigenvalue weighted by molar-refractivity contribution is 6.20. The highest BCUT2D eigenvalue weighted by atomic mass is 14.2. The van der Waals surface area contributed by atoms with Crippen LogP contribution in [0.15, 0.2) is 194 Å². The molecule has 0 aliphatic carbocycles. The van der Waals surface area contributed by atoms with Gasteiger partial charge in [0, 0.05) is 0 Å². The van der Waals surface area contributed by atoms with Crippen molar-refractivity contribution in [2.75, 3.05) is 0 Å². The van der Waals surface area contributed by atoms with E-state index in [-0.39, 0.29) is 0 Å². The molecule has 0 atom stereocenters. The van der Waals surface area contributed by atoms with Gasteiger partial charge in [0.2, 0.25) is 0 Å². The molecule has 0 bridgehead atoms. The molecule has 0 nitrogen and oxygen atoms in total. The van der Waals surface area contributed by atoms with Crippen LogP contribution in [0.25, 0.3) is 119 Å². The standard InChI is InChI=1S/C54H32/c1-5-13-38-29-49-45(21-34(38)9-1)27-46-22-35-10-2-6-14-39(35)30-50(46)53(49)42-19-17-33-18-20-43(26-44(33)25-42)54-51-31-40-15-7-3-11-36(40)23-47(51)28-48-24-37-12-4-8-16-41(37)32-52(48)54/h1-32H. The minimum absolute atomic E-state index is 1.24. The van der Waals surface area contributed by atoms with Gasteiger partial charge in [-0.25, -0.2) is 0 Å². The largest absolute Gasteiger partial charge is 0.0616 e. The normalized spacial score (nSPS) is 12.1. The van der Waals surface area contributed by atoms with Crippen LogP contribution in [0.2, 0.25) is 0 Å². The van der Waals surface area contributed by atoms with Gasteiger partial charge in [0.15, 0.2) is 0 Å². The zero-order chi connectivity index (χ0) is 35.3. The third kappa shape index (κ3) is 4.50. The van der Waals surface area contributed by atoms with Crippen molar-refractivity contribution < 1.29 is 0 Å². The van der Waals surface area contributed by atoms with Crippen molar-refractivity contribution in [1.82, 2.24) is 0 Å². The Balaban J connectivity index is 1.15. The maximum Gasteiger partial charge on any atom is -0.00261 e. The first-order valence-electron chi connectivity index (χ1n) is 18.8. The van der Waals surface area contributed by atoms with Crippen LogP contribution in [0, 0.1) is 0 Å². The molecule has 0 aliphatic heterocycles. The molecule has 0 N–H and O–H groups in total. The van der Waals surface area contributed by atoms with Crippen molar-refractivity contribution in [2.24, 2.45) is 0 Å². The van der Waals surface area contributed by atoms with E-state index in [1.54, 1.807) is 0 Å². The van der Waals surface area contributed by atoms with E-state index in [1.165, 1.54) is 119 Å². The monoisotopic (exact) mass is 680 g/mol. The van der Waals surface area contributed by atoms with Crippen molar-refractivity contribution >= 4 is 97.0 Å². The summed E-state index contributed by atoms with van der Waals surface area (Å²) < 4.78 is 0. The molecule has 0 unspecified atom stereocenters. The van der Waals surface area contributed by atoms with E-state index in [4.69, 9.17) is 0 Å². The first kappa shape index (κ1) is 29.5. The van der Waals surface area contributed by atoms with Crippen LogP contribution in [-0.2, 0) is 0 Å². The van der Waals surface area contributed by atoms with Crippen LogP contribution in [0.1, 0.15) is 0 Å². The number of hydrogen-bond acceptors (Lipinski definition) is 0. The Hall–Kier alpha value is -7.02. The zero-order valence-electron chi connectivity index (χ0n) is 29.5. The Kier molecular flexibility index (Phi) is 6.15. The number of fused-ring (bicyclic) bond motifs is 9. The molecule has 12 aromatic carbocycles. The molecule has 0 radical (unpaired) electrons. The summed E-state index contributed by atoms with van der Waals surface area (Å²) in [5, 5.41) is 22.8. The fourth-order valence-electron chi connectivity index (χ4n) is 9.18. The topological polar surface area (TPSA) is 0 Å². The second kappa shape index (κ2) is 11.2. The third-order valence-electron chi connectivity index (χ3n) is 11.8. The van der Waals surface area contributed by atoms with Gasteiger partial charge in [-0.1, -0.05) is 121 Å². The second-order valence-corrected chi connectivity index (χ2v) is 15.0. The van der Waals surface area contributed by atoms with E-state index >= 15 is 0 Å². The van der Waals surface area contributed by atoms with Crippen molar-refractivity contribution in [3.63, 3.8) is 0 Å². The fourth-order valence-corrected chi connectivity index (χ4v) is 9.18. The molecule has 0 saturated carbocycles. The summed E-state index contributed by atoms with van der Waals surface area (Å²) in [6, 6.07) is 72.8. The predicted molar refractivity (Wildman–Crippen MR) is 235 cm³/mol. The number of rotatable bonds is 2. The minimum Gasteiger partial charge on any atom is -0.0616 e. The quantitative estimate of drug-likeness (QED) is 0.159. The summed E-state index contributed by atoms with van der Waals surface area (Å²) in [6.07, 6.45) is 0. The van der Waals surface area contributed by atoms with Crippen LogP contribution in [0.3, 0.4) is 0 Å². The molecule has 0 heteroatoms. The molecule has 0 aromatic heterocycles. The Morgan fingerprint density at radius 2 is 0.426 bits per heavy atom. The van der Waals surface area contributed by atoms with Crippen molar-refractivity contribution in [2.45, 2.75) is 0 Å². The lowest BCUT2D eigenvalue weighted by molar-refractivity contribution is 1.70. The molecule has 0 saturated heterocycles. The Labute approximate surface area is 312 Å². The SMILES string of the molecule is c1ccc2cc3c(-c4ccc5ccc(-c6c7cc8ccccc8cc7cc7cc8ccccc8cc67)cc5c4)c4cc5ccccc5cc4cc3cc2c1. The van der Waals surface area contributed by atoms with Crippen molar-refractivity contribution in [3.05, 3.63) is 194 Å². The summed E-state index contributed by atoms with van der Waals surface area (Å²) in [7, 11) is 0. The summed E-state index contributed by atoms with van der Waals surface area (Å²) in [4.78, 5) is 0. The van der Waals surface area contributed by atoms with Gasteiger partial charge in [0.25, 0.3) is 0 Å². The smallest absolute Gasteiger partial charge is 0.00261 e. The first-order valence-corrected chi connectivity index (χ1v) is 18.8. The highest BCUT2D eigenvalue weighted by Crippen LogP contribution is 2.43. The van der Waals surface area contributed by atoms with Gasteiger partial charge in [0.1, 0.15) is 0 Å². The summed E-state index contributed by atoms with van der Waals surface area (Å²) in [5.74, 6) is 0. The molecule has 0 fully saturated rings. The molecule has 54 heavy (non-hydrogen) atoms. The summed E-state index contributed by atoms with van der Waals surface area (Å²) in [6.45, 7) is 0. The average Bonchev–Trinajstić information content (AvgIpc) is 3.21. The number of hydrogen-bond donors (Lipinski definition) is 0. The molecule has 12 aromatic rings. The van der Waals surface area contributed by atoms with E-state index < -0.39 is 0 Å². The zero-order valence-corrected chi connectivity index (χ0v) is 29.5. The average molecular weight is 681 g/mol. The summed E-state index contributed by atoms with van der Waals surface area (Å²) >= 11 is 0. The van der Waals surface area contributed by atoms with Crippen molar-refractivity contribution in [3.8, 4) is 22.3 Å². The first-order chi connectivity index (χ1) is 26.7. The van der Waals surface area contributed by atoms with Gasteiger partial charge in [-0.3, -0.25) is 0 Å². The van der Waals surface area contributed by atoms with E-state index in [9.17, 15) is 0 Å². The fraction of sp³-hybridized carbons (Fsp3) is 0. The number of benzene rings is 12. The molecule has 0 heterocycles. The Bertz CT molecular complexity index is 3130. The maximum atomic E-state index is 2.43. The summed E-state index contributed by atoms with van der Waals surface area (Å²) in [5.41, 5.74) is 5.06. The third-order valence-corrected chi connectivity index (χ3v) is 11.8. The molecule has 0 aliphatic rings. The lowest BCUT2D eigenvalue weighted by Gasteiger charge is -2.16. The van der Waals surface area contributed by atoms with Crippen LogP contribution < -0.4 is 0 Å². The van der Waals surface area contributed by atoms with E-state index in [1.807, 2.05) is 0 Å². The highest BCUT2D eigenvalue weighted by Gasteiger charge is 2.16. The van der Waals surface area contributed by atoms with Crippen LogP contribution in [0.5, 0.6) is 0 Å². The Morgan fingerprint density at radius 3 is 0.722 bits per heavy atom. The van der Waals surface area contributed by atoms with Gasteiger partial charge in [-0.15, -0.1) is 0 Å². The van der Waals surface area contributed by atoms with Gasteiger partial charge in [0.05, 0.1) is 0 Å². The minimum atomic E-state index is 1.24. The van der Waals surface area contributed by atoms with Crippen molar-refractivity contribution in [1.29, 1.82) is 0 Å². The van der Waals surface area contributed by atoms with Gasteiger partial charge < -0.3 is 0 Å². The van der Waals surface area contributed by atoms with Gasteiger partial charge in [-0.05, 0) is 192 Å². The van der Waals surface area contributed by atoms with E-state index in [2.05, 4.69) is 194 Å². The van der Waals surface area contributed by atoms with E-state index in [0.29, 0.717) is 0 Å². The second-order valence-electron chi connectivity index (χ2n) is 15.0. The van der Waals surface area contributed by atoms with Crippen LogP contribution in [-0.4, -0.2) is 0 Å². The molecule has 0 amide bonds. The van der Waals surface area contributed by atoms with Crippen LogP contribution >= 0.6 is 0 Å². The van der Waals surface area contributed by atoms with E-state index in [0.717, 1.165) is 0 Å². The lowest BCUT2D eigenvalue weighted by Crippen LogP contribution is -1.89. The van der Waals surface area contributed by atoms with Gasteiger partial charge >= 0.3 is 0 Å². The molecule has 248 valence electrons. The lowest BCUT2D eigenvalue weighted by atomic mass is 9.87. The van der Waals surface area contributed by atoms with Crippen LogP contribution in [0.4, 0.5) is 0 Å².